The van der Waals surface area contributed by atoms with E-state index in [0.717, 1.165) is 149 Å². The molecule has 20 rings (SSSR count). The summed E-state index contributed by atoms with van der Waals surface area (Å²) in [6.45, 7) is 0. The van der Waals surface area contributed by atoms with Gasteiger partial charge in [-0.15, -0.1) is 0 Å². The van der Waals surface area contributed by atoms with Crippen LogP contribution in [0.3, 0.4) is 0 Å². The van der Waals surface area contributed by atoms with Gasteiger partial charge in [0.1, 0.15) is 28.1 Å². The maximum Gasteiger partial charge on any atom is 0.147 e. The summed E-state index contributed by atoms with van der Waals surface area (Å²) in [7, 11) is 0. The predicted octanol–water partition coefficient (Wildman–Crippen LogP) is 19.0. The van der Waals surface area contributed by atoms with Gasteiger partial charge in [0.05, 0.1) is 55.3 Å². The van der Waals surface area contributed by atoms with E-state index >= 15 is 0 Å². The molecule has 0 atom stereocenters. The molecule has 0 radical (unpaired) electrons. The standard InChI is InChI=1S/C75H42N8O/c1-4-17-43(18-5-1)80-64-34-32-49-46-23-10-13-28-62(46)82(45-21-8-3-9-22-45)72(49)70(64)59-38-52-48-25-16-26-51(71(48)79-36-35-76-73(79)57(52)40-66(59)80)60-33-31-50-53-37-54-55-39-56-47-24-11-15-30-68(47)84-69(56)42-67(55)81(44-19-6-2-7-20-44)65(54)41-58(53)75-78-61-27-12-14-29-63(61)83(75)74(50)77-60/h1-42H. The summed E-state index contributed by atoms with van der Waals surface area (Å²) in [6, 6.07) is 87.7. The largest absolute Gasteiger partial charge is 0.456 e. The van der Waals surface area contributed by atoms with Crippen molar-refractivity contribution in [3.8, 4) is 28.3 Å². The summed E-state index contributed by atoms with van der Waals surface area (Å²) in [4.78, 5) is 16.5. The minimum Gasteiger partial charge on any atom is -0.456 e. The Labute approximate surface area is 475 Å². The van der Waals surface area contributed by atoms with Crippen molar-refractivity contribution in [2.75, 3.05) is 0 Å². The molecule has 0 aliphatic rings. The first-order valence-corrected chi connectivity index (χ1v) is 28.5. The minimum atomic E-state index is 0.839. The van der Waals surface area contributed by atoms with Crippen molar-refractivity contribution < 1.29 is 4.42 Å². The van der Waals surface area contributed by atoms with Gasteiger partial charge < -0.3 is 18.1 Å². The van der Waals surface area contributed by atoms with Gasteiger partial charge >= 0.3 is 0 Å². The Bertz CT molecular complexity index is 6280. The molecule has 0 aliphatic carbocycles. The van der Waals surface area contributed by atoms with Crippen molar-refractivity contribution in [2.24, 2.45) is 0 Å². The number of benzene rings is 11. The predicted molar refractivity (Wildman–Crippen MR) is 345 cm³/mol. The Morgan fingerprint density at radius 1 is 0.310 bits per heavy atom. The van der Waals surface area contributed by atoms with Crippen LogP contribution in [0.4, 0.5) is 0 Å². The van der Waals surface area contributed by atoms with E-state index in [1.807, 2.05) is 12.3 Å². The van der Waals surface area contributed by atoms with Crippen LogP contribution in [0.15, 0.2) is 259 Å². The van der Waals surface area contributed by atoms with Crippen molar-refractivity contribution in [1.29, 1.82) is 0 Å². The molecule has 0 bridgehead atoms. The van der Waals surface area contributed by atoms with Crippen LogP contribution in [0.1, 0.15) is 0 Å². The number of rotatable bonds is 4. The Kier molecular flexibility index (Phi) is 8.47. The highest BCUT2D eigenvalue weighted by Crippen LogP contribution is 2.47. The minimum absolute atomic E-state index is 0.839. The van der Waals surface area contributed by atoms with Crippen molar-refractivity contribution in [2.45, 2.75) is 0 Å². The Hall–Kier alpha value is -11.6. The molecule has 0 unspecified atom stereocenters. The number of pyridine rings is 3. The van der Waals surface area contributed by atoms with E-state index in [4.69, 9.17) is 19.4 Å². The molecule has 9 aromatic heterocycles. The maximum absolute atomic E-state index is 6.54. The third kappa shape index (κ3) is 5.73. The van der Waals surface area contributed by atoms with Crippen LogP contribution in [0, 0.1) is 0 Å². The molecule has 0 fully saturated rings. The van der Waals surface area contributed by atoms with Gasteiger partial charge in [0.15, 0.2) is 0 Å². The number of furan rings is 1. The second kappa shape index (κ2) is 16.1. The highest BCUT2D eigenvalue weighted by Gasteiger charge is 2.26. The monoisotopic (exact) mass is 1070 g/mol. The Morgan fingerprint density at radius 3 is 1.69 bits per heavy atom. The van der Waals surface area contributed by atoms with Crippen LogP contribution in [-0.4, -0.2) is 37.5 Å². The Morgan fingerprint density at radius 2 is 0.893 bits per heavy atom. The first-order chi connectivity index (χ1) is 41.7. The van der Waals surface area contributed by atoms with E-state index in [1.54, 1.807) is 0 Å². The zero-order chi connectivity index (χ0) is 54.5. The molecule has 0 amide bonds. The fourth-order valence-corrected chi connectivity index (χ4v) is 14.6. The molecule has 0 N–H and O–H groups in total. The molecular weight excluding hydrogens is 1030 g/mol. The number of nitrogens with zero attached hydrogens (tertiary/aromatic N) is 8. The molecular formula is C75H42N8O. The smallest absolute Gasteiger partial charge is 0.147 e. The lowest BCUT2D eigenvalue weighted by molar-refractivity contribution is 0.669. The highest BCUT2D eigenvalue weighted by molar-refractivity contribution is 6.30. The van der Waals surface area contributed by atoms with E-state index < -0.39 is 0 Å². The van der Waals surface area contributed by atoms with Gasteiger partial charge in [-0.2, -0.15) is 0 Å². The maximum atomic E-state index is 6.54. The SMILES string of the molecule is c1ccc(-n2c3cc4oc5ccccc5c4cc3c3cc4c5ccc(-c6cccc7c8cc9c%10c(ccc%11c%12ccccc%12n(-c%12ccccc%12)c%11%10)n(-c%10ccccc%10)c9cc8c8nccn8c67)nc5n5c6ccccc6nc5c4cc32)cc1. The van der Waals surface area contributed by atoms with Gasteiger partial charge in [0.2, 0.25) is 0 Å². The van der Waals surface area contributed by atoms with Gasteiger partial charge in [-0.3, -0.25) is 8.80 Å². The number of hydrogen-bond acceptors (Lipinski definition) is 4. The molecule has 388 valence electrons. The van der Waals surface area contributed by atoms with Gasteiger partial charge in [0.25, 0.3) is 0 Å². The lowest BCUT2D eigenvalue weighted by Crippen LogP contribution is -1.99. The summed E-state index contributed by atoms with van der Waals surface area (Å²) in [5.41, 5.74) is 19.2. The molecule has 0 saturated carbocycles. The number of hydrogen-bond donors (Lipinski definition) is 0. The van der Waals surface area contributed by atoms with Gasteiger partial charge in [-0.1, -0.05) is 127 Å². The fourth-order valence-electron chi connectivity index (χ4n) is 14.6. The van der Waals surface area contributed by atoms with Crippen molar-refractivity contribution in [3.63, 3.8) is 0 Å². The van der Waals surface area contributed by atoms with Crippen LogP contribution < -0.4 is 0 Å². The molecule has 9 heteroatoms. The summed E-state index contributed by atoms with van der Waals surface area (Å²) in [5.74, 6) is 0. The summed E-state index contributed by atoms with van der Waals surface area (Å²) < 4.78 is 18.4. The molecule has 9 nitrogen and oxygen atoms in total. The van der Waals surface area contributed by atoms with Gasteiger partial charge in [-0.05, 0) is 120 Å². The number of imidazole rings is 2. The van der Waals surface area contributed by atoms with E-state index in [9.17, 15) is 0 Å². The highest BCUT2D eigenvalue weighted by atomic mass is 16.3. The van der Waals surface area contributed by atoms with Crippen LogP contribution in [0.5, 0.6) is 0 Å². The third-order valence-electron chi connectivity index (χ3n) is 18.1. The molecule has 0 spiro atoms. The van der Waals surface area contributed by atoms with Gasteiger partial charge in [0, 0.05) is 106 Å². The van der Waals surface area contributed by atoms with E-state index in [2.05, 4.69) is 265 Å². The van der Waals surface area contributed by atoms with Crippen LogP contribution in [-0.2, 0) is 0 Å². The third-order valence-corrected chi connectivity index (χ3v) is 18.1. The van der Waals surface area contributed by atoms with Crippen LogP contribution in [0.25, 0.3) is 181 Å². The zero-order valence-electron chi connectivity index (χ0n) is 44.7. The fraction of sp³-hybridized carbons (Fsp3) is 0. The molecule has 0 saturated heterocycles. The zero-order valence-corrected chi connectivity index (χ0v) is 44.7. The van der Waals surface area contributed by atoms with E-state index in [0.29, 0.717) is 0 Å². The molecule has 20 aromatic rings. The lowest BCUT2D eigenvalue weighted by Gasteiger charge is -2.15. The average molecular weight is 1070 g/mol. The lowest BCUT2D eigenvalue weighted by atomic mass is 9.98. The Balaban J connectivity index is 0.879. The molecule has 11 aromatic carbocycles. The van der Waals surface area contributed by atoms with Gasteiger partial charge in [-0.25, -0.2) is 15.0 Å². The van der Waals surface area contributed by atoms with Crippen molar-refractivity contribution in [1.82, 2.24) is 37.5 Å². The topological polar surface area (TPSA) is 75.4 Å². The van der Waals surface area contributed by atoms with E-state index in [-0.39, 0.29) is 0 Å². The van der Waals surface area contributed by atoms with Crippen molar-refractivity contribution >= 4 is 153 Å². The summed E-state index contributed by atoms with van der Waals surface area (Å²) >= 11 is 0. The quantitative estimate of drug-likeness (QED) is 0.165. The molecule has 9 heterocycles. The van der Waals surface area contributed by atoms with Crippen LogP contribution in [0.2, 0.25) is 0 Å². The normalized spacial score (nSPS) is 12.5. The first kappa shape index (κ1) is 44.2. The summed E-state index contributed by atoms with van der Waals surface area (Å²) in [5, 5.41) is 15.8. The second-order valence-electron chi connectivity index (χ2n) is 22.3. The first-order valence-electron chi connectivity index (χ1n) is 28.5. The molecule has 84 heavy (non-hydrogen) atoms. The number of aromatic nitrogens is 8. The van der Waals surface area contributed by atoms with E-state index in [1.165, 1.54) is 32.6 Å². The average Bonchev–Trinajstić information content (AvgIpc) is 1.69. The summed E-state index contributed by atoms with van der Waals surface area (Å²) in [6.07, 6.45) is 4.03. The number of para-hydroxylation sites is 8. The van der Waals surface area contributed by atoms with Crippen LogP contribution >= 0.6 is 0 Å². The second-order valence-corrected chi connectivity index (χ2v) is 22.3. The number of fused-ring (bicyclic) bond motifs is 27. The van der Waals surface area contributed by atoms with Crippen molar-refractivity contribution in [3.05, 3.63) is 255 Å². The molecule has 0 aliphatic heterocycles.